The van der Waals surface area contributed by atoms with E-state index in [1.807, 2.05) is 0 Å². The average molecular weight is 458 g/mol. The number of H-pyrrole nitrogens is 1. The number of fused-ring (bicyclic) bond motifs is 4. The molecule has 3 aromatic rings. The molecule has 3 aromatic heterocycles. The lowest BCUT2D eigenvalue weighted by Crippen LogP contribution is -2.51. The molecule has 33 heavy (non-hydrogen) atoms. The van der Waals surface area contributed by atoms with Gasteiger partial charge in [-0.15, -0.1) is 0 Å². The molecule has 11 heteroatoms. The third-order valence-electron chi connectivity index (χ3n) is 7.35. The van der Waals surface area contributed by atoms with Crippen LogP contribution in [-0.2, 0) is 4.79 Å². The summed E-state index contributed by atoms with van der Waals surface area (Å²) in [5.41, 5.74) is 0.396. The molecule has 4 aliphatic carbocycles. The largest absolute Gasteiger partial charge is 0.481 e. The normalized spacial score (nSPS) is 30.5. The summed E-state index contributed by atoms with van der Waals surface area (Å²) in [6.07, 6.45) is 3.38. The third-order valence-corrected chi connectivity index (χ3v) is 7.35. The fourth-order valence-electron chi connectivity index (χ4n) is 5.58. The van der Waals surface area contributed by atoms with Crippen LogP contribution in [0, 0.1) is 29.4 Å². The monoisotopic (exact) mass is 458 g/mol. The topological polar surface area (TPSA) is 117 Å². The molecule has 3 N–H and O–H groups in total. The van der Waals surface area contributed by atoms with Gasteiger partial charge in [-0.05, 0) is 50.0 Å². The fourth-order valence-corrected chi connectivity index (χ4v) is 5.58. The first-order valence-corrected chi connectivity index (χ1v) is 11.1. The van der Waals surface area contributed by atoms with E-state index >= 15 is 4.39 Å². The maximum Gasteiger partial charge on any atom is 0.308 e. The van der Waals surface area contributed by atoms with Crippen molar-refractivity contribution in [1.82, 2.24) is 25.1 Å². The number of anilines is 1. The quantitative estimate of drug-likeness (QED) is 0.532. The second-order valence-corrected chi connectivity index (χ2v) is 9.29. The maximum absolute atomic E-state index is 15.5. The van der Waals surface area contributed by atoms with E-state index < -0.39 is 41.7 Å². The molecule has 0 spiro atoms. The van der Waals surface area contributed by atoms with Crippen LogP contribution in [-0.4, -0.2) is 48.4 Å². The number of aliphatic carboxylic acids is 1. The first kappa shape index (κ1) is 20.4. The van der Waals surface area contributed by atoms with Crippen molar-refractivity contribution in [2.24, 2.45) is 17.8 Å². The van der Waals surface area contributed by atoms with Crippen molar-refractivity contribution in [3.8, 4) is 11.5 Å². The Balaban J connectivity index is 1.45. The van der Waals surface area contributed by atoms with Crippen LogP contribution in [0.15, 0.2) is 12.3 Å². The highest BCUT2D eigenvalue weighted by Gasteiger charge is 2.48. The van der Waals surface area contributed by atoms with Crippen molar-refractivity contribution >= 4 is 22.8 Å². The fraction of sp³-hybridized carbons (Fsp3) is 0.500. The number of aromatic nitrogens is 5. The number of aromatic amines is 1. The van der Waals surface area contributed by atoms with Crippen molar-refractivity contribution in [2.75, 3.05) is 5.32 Å². The number of nitrogens with zero attached hydrogens (tertiary/aromatic N) is 4. The summed E-state index contributed by atoms with van der Waals surface area (Å²) in [5.74, 6) is -3.66. The second-order valence-electron chi connectivity index (χ2n) is 9.29. The van der Waals surface area contributed by atoms with Gasteiger partial charge in [0.25, 0.3) is 0 Å². The molecule has 0 amide bonds. The van der Waals surface area contributed by atoms with Crippen molar-refractivity contribution < 1.29 is 23.1 Å². The van der Waals surface area contributed by atoms with Gasteiger partial charge < -0.3 is 10.4 Å². The van der Waals surface area contributed by atoms with E-state index in [1.165, 1.54) is 6.07 Å². The zero-order chi connectivity index (χ0) is 22.9. The van der Waals surface area contributed by atoms with Crippen molar-refractivity contribution in [3.05, 3.63) is 29.6 Å². The van der Waals surface area contributed by atoms with Gasteiger partial charge in [0.1, 0.15) is 17.7 Å². The van der Waals surface area contributed by atoms with Crippen LogP contribution >= 0.6 is 0 Å². The number of pyridine rings is 1. The number of halogens is 3. The molecule has 2 bridgehead atoms. The Morgan fingerprint density at radius 3 is 2.58 bits per heavy atom. The molecule has 3 heterocycles. The predicted molar refractivity (Wildman–Crippen MR) is 111 cm³/mol. The van der Waals surface area contributed by atoms with Crippen molar-refractivity contribution in [1.29, 1.82) is 0 Å². The van der Waals surface area contributed by atoms with Crippen LogP contribution in [0.5, 0.6) is 0 Å². The second kappa shape index (κ2) is 7.39. The Kier molecular flexibility index (Phi) is 4.56. The summed E-state index contributed by atoms with van der Waals surface area (Å²) in [6, 6.07) is 0.731. The Hall–Kier alpha value is -3.24. The van der Waals surface area contributed by atoms with E-state index in [4.69, 9.17) is 0 Å². The summed E-state index contributed by atoms with van der Waals surface area (Å²) in [6.45, 7) is 0. The van der Waals surface area contributed by atoms with Gasteiger partial charge in [0.15, 0.2) is 23.1 Å². The Labute approximate surface area is 186 Å². The summed E-state index contributed by atoms with van der Waals surface area (Å²) in [4.78, 5) is 24.5. The zero-order valence-electron chi connectivity index (χ0n) is 17.4. The number of carboxylic acids is 1. The number of rotatable bonds is 5. The van der Waals surface area contributed by atoms with Gasteiger partial charge >= 0.3 is 5.97 Å². The summed E-state index contributed by atoms with van der Waals surface area (Å²) in [5, 5.41) is 20.0. The molecule has 4 unspecified atom stereocenters. The van der Waals surface area contributed by atoms with E-state index in [2.05, 4.69) is 30.5 Å². The number of carbonyl (C=O) groups is 1. The first-order valence-electron chi connectivity index (χ1n) is 11.1. The Bertz CT molecular complexity index is 1260. The van der Waals surface area contributed by atoms with E-state index in [1.54, 1.807) is 0 Å². The van der Waals surface area contributed by atoms with Crippen LogP contribution in [0.2, 0.25) is 0 Å². The smallest absolute Gasteiger partial charge is 0.308 e. The molecule has 8 nitrogen and oxygen atoms in total. The van der Waals surface area contributed by atoms with Gasteiger partial charge in [-0.3, -0.25) is 9.89 Å². The van der Waals surface area contributed by atoms with Crippen LogP contribution in [0.25, 0.3) is 22.6 Å². The first-order chi connectivity index (χ1) is 15.9. The van der Waals surface area contributed by atoms with Crippen LogP contribution in [0.3, 0.4) is 0 Å². The molecule has 4 fully saturated rings. The molecule has 4 atom stereocenters. The molecular formula is C22H21F3N6O2. The van der Waals surface area contributed by atoms with Gasteiger partial charge in [0.05, 0.1) is 23.2 Å². The molecule has 7 rings (SSSR count). The van der Waals surface area contributed by atoms with Gasteiger partial charge in [-0.1, -0.05) is 0 Å². The molecular weight excluding hydrogens is 437 g/mol. The zero-order valence-corrected chi connectivity index (χ0v) is 17.4. The number of hydrogen-bond donors (Lipinski definition) is 3. The lowest BCUT2D eigenvalue weighted by molar-refractivity contribution is -0.148. The van der Waals surface area contributed by atoms with Gasteiger partial charge in [0, 0.05) is 12.0 Å². The molecule has 0 aliphatic heterocycles. The average Bonchev–Trinajstić information content (AvgIpc) is 3.38. The number of hydrogen-bond acceptors (Lipinski definition) is 6. The molecule has 172 valence electrons. The van der Waals surface area contributed by atoms with Gasteiger partial charge in [0.2, 0.25) is 0 Å². The molecule has 4 saturated carbocycles. The van der Waals surface area contributed by atoms with Crippen LogP contribution < -0.4 is 5.32 Å². The van der Waals surface area contributed by atoms with Gasteiger partial charge in [-0.2, -0.15) is 5.10 Å². The number of alkyl halides is 1. The molecule has 0 aromatic carbocycles. The summed E-state index contributed by atoms with van der Waals surface area (Å²) in [7, 11) is 0. The molecule has 0 radical (unpaired) electrons. The van der Waals surface area contributed by atoms with Crippen molar-refractivity contribution in [3.63, 3.8) is 0 Å². The summed E-state index contributed by atoms with van der Waals surface area (Å²) < 4.78 is 43.2. The minimum atomic E-state index is -1.20. The van der Waals surface area contributed by atoms with Crippen LogP contribution in [0.1, 0.15) is 43.7 Å². The molecule has 4 aliphatic rings. The Morgan fingerprint density at radius 2 is 1.88 bits per heavy atom. The predicted octanol–water partition coefficient (Wildman–Crippen LogP) is 3.82. The highest BCUT2D eigenvalue weighted by molar-refractivity contribution is 5.88. The van der Waals surface area contributed by atoms with E-state index in [9.17, 15) is 18.7 Å². The molecule has 0 saturated heterocycles. The van der Waals surface area contributed by atoms with Gasteiger partial charge in [-0.25, -0.2) is 28.1 Å². The highest BCUT2D eigenvalue weighted by atomic mass is 19.1. The van der Waals surface area contributed by atoms with E-state index in [0.29, 0.717) is 5.39 Å². The maximum atomic E-state index is 15.5. The highest BCUT2D eigenvalue weighted by Crippen LogP contribution is 2.48. The van der Waals surface area contributed by atoms with Crippen LogP contribution in [0.4, 0.5) is 19.0 Å². The minimum absolute atomic E-state index is 0.0238. The lowest BCUT2D eigenvalue weighted by Gasteiger charge is -2.47. The summed E-state index contributed by atoms with van der Waals surface area (Å²) >= 11 is 0. The number of nitrogens with one attached hydrogen (secondary N) is 2. The SMILES string of the molecule is O=C(O)C1C2CCC(CC2)C1Nc1nc(-c2[nH]nc3ncc(F)cc23)nc(C2CC2F)c1F. The lowest BCUT2D eigenvalue weighted by atomic mass is 9.61. The minimum Gasteiger partial charge on any atom is -0.481 e. The number of carboxylic acid groups (broad SMARTS) is 1. The Morgan fingerprint density at radius 1 is 1.15 bits per heavy atom. The van der Waals surface area contributed by atoms with E-state index in [0.717, 1.165) is 31.9 Å². The van der Waals surface area contributed by atoms with E-state index in [-0.39, 0.29) is 46.9 Å². The standard InChI is InChI=1S/C22H21F3N6O2/c23-10-5-12-18(30-31-19(12)26-7-10)21-28-17(11-6-13(11)24)15(25)20(29-21)27-16-9-3-1-8(2-4-9)14(16)22(32)33/h5,7-9,11,13-14,16H,1-4,6H2,(H,32,33)(H,26,30,31)(H,27,28,29). The third kappa shape index (κ3) is 3.32. The van der Waals surface area contributed by atoms with Crippen molar-refractivity contribution in [2.45, 2.75) is 50.2 Å².